The van der Waals surface area contributed by atoms with E-state index >= 15 is 0 Å². The van der Waals surface area contributed by atoms with Crippen LogP contribution in [0, 0.1) is 0 Å². The van der Waals surface area contributed by atoms with Gasteiger partial charge in [-0.15, -0.1) is 0 Å². The Labute approximate surface area is 105 Å². The van der Waals surface area contributed by atoms with E-state index in [4.69, 9.17) is 9.84 Å². The fourth-order valence-corrected chi connectivity index (χ4v) is 1.79. The molecule has 0 aliphatic heterocycles. The third kappa shape index (κ3) is 2.37. The Morgan fingerprint density at radius 1 is 1.44 bits per heavy atom. The maximum Gasteiger partial charge on any atom is 0.331 e. The van der Waals surface area contributed by atoms with E-state index in [1.165, 1.54) is 0 Å². The number of carbonyl (C=O) groups is 1. The van der Waals surface area contributed by atoms with Gasteiger partial charge in [-0.3, -0.25) is 0 Å². The van der Waals surface area contributed by atoms with E-state index in [0.29, 0.717) is 12.1 Å². The van der Waals surface area contributed by atoms with Crippen molar-refractivity contribution in [1.82, 2.24) is 4.57 Å². The maximum absolute atomic E-state index is 10.7. The van der Waals surface area contributed by atoms with Crippen LogP contribution >= 0.6 is 0 Å². The standard InChI is InChI=1S/C14H15NO3/c1-10(14(16)17)5-7-15-8-6-11-9-12(18-2)3-4-13(11)15/h3-6,8-9H,7H2,1-2H3,(H,16,17). The van der Waals surface area contributed by atoms with Crippen LogP contribution in [-0.2, 0) is 11.3 Å². The first-order chi connectivity index (χ1) is 8.61. The fourth-order valence-electron chi connectivity index (χ4n) is 1.79. The van der Waals surface area contributed by atoms with Crippen LogP contribution < -0.4 is 4.74 Å². The van der Waals surface area contributed by atoms with Gasteiger partial charge < -0.3 is 14.4 Å². The molecule has 1 aromatic heterocycles. The summed E-state index contributed by atoms with van der Waals surface area (Å²) >= 11 is 0. The molecule has 0 aliphatic rings. The van der Waals surface area contributed by atoms with Crippen LogP contribution in [0.1, 0.15) is 6.92 Å². The highest BCUT2D eigenvalue weighted by Crippen LogP contribution is 2.21. The Hall–Kier alpha value is -2.23. The molecule has 94 valence electrons. The number of aliphatic carboxylic acids is 1. The number of carboxylic acid groups (broad SMARTS) is 1. The van der Waals surface area contributed by atoms with E-state index in [-0.39, 0.29) is 0 Å². The van der Waals surface area contributed by atoms with Crippen molar-refractivity contribution < 1.29 is 14.6 Å². The minimum atomic E-state index is -0.881. The average Bonchev–Trinajstić information content (AvgIpc) is 2.77. The minimum absolute atomic E-state index is 0.352. The second-order valence-corrected chi connectivity index (χ2v) is 4.09. The molecule has 0 spiro atoms. The highest BCUT2D eigenvalue weighted by Gasteiger charge is 2.03. The first-order valence-corrected chi connectivity index (χ1v) is 5.65. The number of ether oxygens (including phenoxy) is 1. The third-order valence-corrected chi connectivity index (χ3v) is 2.91. The van der Waals surface area contributed by atoms with Gasteiger partial charge in [0.05, 0.1) is 7.11 Å². The Balaban J connectivity index is 2.30. The van der Waals surface area contributed by atoms with Crippen molar-refractivity contribution in [3.8, 4) is 5.75 Å². The summed E-state index contributed by atoms with van der Waals surface area (Å²) in [4.78, 5) is 10.7. The van der Waals surface area contributed by atoms with Gasteiger partial charge in [-0.1, -0.05) is 6.08 Å². The van der Waals surface area contributed by atoms with Crippen LogP contribution in [0.15, 0.2) is 42.1 Å². The molecule has 0 bridgehead atoms. The zero-order chi connectivity index (χ0) is 13.1. The molecule has 0 saturated carbocycles. The predicted octanol–water partition coefficient (Wildman–Crippen LogP) is 2.68. The molecular formula is C14H15NO3. The van der Waals surface area contributed by atoms with Gasteiger partial charge in [-0.2, -0.15) is 0 Å². The van der Waals surface area contributed by atoms with E-state index < -0.39 is 5.97 Å². The summed E-state index contributed by atoms with van der Waals surface area (Å²) in [6, 6.07) is 7.81. The Kier molecular flexibility index (Phi) is 3.37. The average molecular weight is 245 g/mol. The molecule has 0 fully saturated rings. The molecule has 1 aromatic carbocycles. The molecule has 4 heteroatoms. The van der Waals surface area contributed by atoms with Crippen LogP contribution in [0.2, 0.25) is 0 Å². The van der Waals surface area contributed by atoms with Gasteiger partial charge in [-0.25, -0.2) is 4.79 Å². The summed E-state index contributed by atoms with van der Waals surface area (Å²) in [5.41, 5.74) is 1.41. The number of benzene rings is 1. The summed E-state index contributed by atoms with van der Waals surface area (Å²) in [6.45, 7) is 2.14. The highest BCUT2D eigenvalue weighted by atomic mass is 16.5. The first-order valence-electron chi connectivity index (χ1n) is 5.65. The molecule has 1 N–H and O–H groups in total. The van der Waals surface area contributed by atoms with Crippen molar-refractivity contribution in [3.63, 3.8) is 0 Å². The fraction of sp³-hybridized carbons (Fsp3) is 0.214. The molecular weight excluding hydrogens is 230 g/mol. The number of rotatable bonds is 4. The van der Waals surface area contributed by atoms with Crippen LogP contribution in [0.25, 0.3) is 10.9 Å². The van der Waals surface area contributed by atoms with Crippen LogP contribution in [-0.4, -0.2) is 22.8 Å². The number of allylic oxidation sites excluding steroid dienone is 1. The number of nitrogens with zero attached hydrogens (tertiary/aromatic N) is 1. The number of hydrogen-bond acceptors (Lipinski definition) is 2. The van der Waals surface area contributed by atoms with Gasteiger partial charge in [0.2, 0.25) is 0 Å². The van der Waals surface area contributed by atoms with Gasteiger partial charge in [0.15, 0.2) is 0 Å². The quantitative estimate of drug-likeness (QED) is 0.842. The van der Waals surface area contributed by atoms with Gasteiger partial charge >= 0.3 is 5.97 Å². The van der Waals surface area contributed by atoms with Gasteiger partial charge in [0.25, 0.3) is 0 Å². The molecule has 2 rings (SSSR count). The van der Waals surface area contributed by atoms with Gasteiger partial charge in [0, 0.05) is 29.2 Å². The number of methoxy groups -OCH3 is 1. The Morgan fingerprint density at radius 2 is 2.22 bits per heavy atom. The molecule has 0 saturated heterocycles. The summed E-state index contributed by atoms with van der Waals surface area (Å²) in [6.07, 6.45) is 3.64. The van der Waals surface area contributed by atoms with Gasteiger partial charge in [-0.05, 0) is 31.2 Å². The van der Waals surface area contributed by atoms with Crippen LogP contribution in [0.5, 0.6) is 5.75 Å². The SMILES string of the molecule is COc1ccc2c(ccn2CC=C(C)C(=O)O)c1. The van der Waals surface area contributed by atoms with Crippen molar-refractivity contribution in [3.05, 3.63) is 42.1 Å². The van der Waals surface area contributed by atoms with Crippen molar-refractivity contribution in [1.29, 1.82) is 0 Å². The number of aromatic nitrogens is 1. The molecule has 0 atom stereocenters. The monoisotopic (exact) mass is 245 g/mol. The maximum atomic E-state index is 10.7. The van der Waals surface area contributed by atoms with Crippen molar-refractivity contribution >= 4 is 16.9 Å². The largest absolute Gasteiger partial charge is 0.497 e. The van der Waals surface area contributed by atoms with E-state index in [2.05, 4.69) is 0 Å². The first kappa shape index (κ1) is 12.2. The van der Waals surface area contributed by atoms with E-state index in [1.807, 2.05) is 35.0 Å². The summed E-state index contributed by atoms with van der Waals surface area (Å²) in [5.74, 6) is -0.0642. The second kappa shape index (κ2) is 4.96. The predicted molar refractivity (Wildman–Crippen MR) is 69.9 cm³/mol. The minimum Gasteiger partial charge on any atom is -0.497 e. The van der Waals surface area contributed by atoms with Crippen LogP contribution in [0.3, 0.4) is 0 Å². The topological polar surface area (TPSA) is 51.5 Å². The summed E-state index contributed by atoms with van der Waals surface area (Å²) < 4.78 is 7.16. The smallest absolute Gasteiger partial charge is 0.331 e. The lowest BCUT2D eigenvalue weighted by Crippen LogP contribution is -1.99. The molecule has 4 nitrogen and oxygen atoms in total. The third-order valence-electron chi connectivity index (χ3n) is 2.91. The number of fused-ring (bicyclic) bond motifs is 1. The van der Waals surface area contributed by atoms with Gasteiger partial charge in [0.1, 0.15) is 5.75 Å². The Bertz CT molecular complexity index is 611. The Morgan fingerprint density at radius 3 is 2.89 bits per heavy atom. The molecule has 1 heterocycles. The van der Waals surface area contributed by atoms with E-state index in [1.54, 1.807) is 20.1 Å². The lowest BCUT2D eigenvalue weighted by atomic mass is 10.2. The lowest BCUT2D eigenvalue weighted by Gasteiger charge is -2.03. The van der Waals surface area contributed by atoms with Crippen molar-refractivity contribution in [2.45, 2.75) is 13.5 Å². The summed E-state index contributed by atoms with van der Waals surface area (Å²) in [7, 11) is 1.64. The van der Waals surface area contributed by atoms with Crippen molar-refractivity contribution in [2.75, 3.05) is 7.11 Å². The zero-order valence-corrected chi connectivity index (χ0v) is 10.4. The molecule has 18 heavy (non-hydrogen) atoms. The molecule has 2 aromatic rings. The number of carboxylic acids is 1. The van der Waals surface area contributed by atoms with Crippen molar-refractivity contribution in [2.24, 2.45) is 0 Å². The molecule has 0 unspecified atom stereocenters. The highest BCUT2D eigenvalue weighted by molar-refractivity contribution is 5.86. The number of hydrogen-bond donors (Lipinski definition) is 1. The zero-order valence-electron chi connectivity index (χ0n) is 10.4. The summed E-state index contributed by atoms with van der Waals surface area (Å²) in [5, 5.41) is 9.88. The molecule has 0 amide bonds. The van der Waals surface area contributed by atoms with E-state index in [9.17, 15) is 4.79 Å². The lowest BCUT2D eigenvalue weighted by molar-refractivity contribution is -0.132. The molecule has 0 aliphatic carbocycles. The van der Waals surface area contributed by atoms with E-state index in [0.717, 1.165) is 16.7 Å². The normalized spacial score (nSPS) is 11.8. The van der Waals surface area contributed by atoms with Crippen LogP contribution in [0.4, 0.5) is 0 Å². The second-order valence-electron chi connectivity index (χ2n) is 4.09. The molecule has 0 radical (unpaired) electrons.